The zero-order valence-corrected chi connectivity index (χ0v) is 11.8. The molecule has 1 heterocycles. The zero-order chi connectivity index (χ0) is 13.8. The Labute approximate surface area is 118 Å². The molecule has 0 aliphatic rings. The van der Waals surface area contributed by atoms with Crippen molar-refractivity contribution in [1.82, 2.24) is 9.97 Å². The van der Waals surface area contributed by atoms with Crippen molar-refractivity contribution in [3.63, 3.8) is 0 Å². The number of hydrogen-bond donors (Lipinski definition) is 1. The van der Waals surface area contributed by atoms with Gasteiger partial charge >= 0.3 is 0 Å². The maximum Gasteiger partial charge on any atom is 0.147 e. The summed E-state index contributed by atoms with van der Waals surface area (Å²) in [5, 5.41) is 0.741. The van der Waals surface area contributed by atoms with Gasteiger partial charge in [0, 0.05) is 18.6 Å². The van der Waals surface area contributed by atoms with Crippen LogP contribution in [-0.4, -0.2) is 17.0 Å². The maximum absolute atomic E-state index is 5.90. The second-order valence-corrected chi connectivity index (χ2v) is 4.84. The molecule has 0 aliphatic heterocycles. The molecule has 0 fully saturated rings. The summed E-state index contributed by atoms with van der Waals surface area (Å²) in [5.41, 5.74) is 7.48. The van der Waals surface area contributed by atoms with E-state index in [4.69, 9.17) is 17.3 Å². The van der Waals surface area contributed by atoms with Gasteiger partial charge in [-0.1, -0.05) is 23.7 Å². The van der Waals surface area contributed by atoms with Gasteiger partial charge in [0.25, 0.3) is 0 Å². The van der Waals surface area contributed by atoms with Crippen molar-refractivity contribution in [2.24, 2.45) is 5.73 Å². The van der Waals surface area contributed by atoms with E-state index in [-0.39, 0.29) is 6.04 Å². The largest absolute Gasteiger partial charge is 0.352 e. The third-order valence-electron chi connectivity index (χ3n) is 3.20. The molecule has 2 aromatic rings. The van der Waals surface area contributed by atoms with E-state index in [9.17, 15) is 0 Å². The normalized spacial score (nSPS) is 12.2. The fraction of sp³-hybridized carbons (Fsp3) is 0.286. The minimum Gasteiger partial charge on any atom is -0.352 e. The number of hydrogen-bond acceptors (Lipinski definition) is 4. The first-order chi connectivity index (χ1) is 9.11. The SMILES string of the molecule is CC(c1ccc(Cl)cc1)N(C)c1cnc(CN)cn1. The molecule has 0 saturated carbocycles. The number of anilines is 1. The van der Waals surface area contributed by atoms with Crippen LogP contribution in [0.4, 0.5) is 5.82 Å². The van der Waals surface area contributed by atoms with E-state index in [1.54, 1.807) is 12.4 Å². The van der Waals surface area contributed by atoms with E-state index in [1.165, 1.54) is 5.56 Å². The molecule has 1 aromatic heterocycles. The molecule has 0 spiro atoms. The standard InChI is InChI=1S/C14H17ClN4/c1-10(11-3-5-12(15)6-4-11)19(2)14-9-17-13(7-16)8-18-14/h3-6,8-10H,7,16H2,1-2H3. The quantitative estimate of drug-likeness (QED) is 0.933. The summed E-state index contributed by atoms with van der Waals surface area (Å²) in [4.78, 5) is 10.7. The molecule has 4 nitrogen and oxygen atoms in total. The highest BCUT2D eigenvalue weighted by atomic mass is 35.5. The Balaban J connectivity index is 2.17. The highest BCUT2D eigenvalue weighted by molar-refractivity contribution is 6.30. The monoisotopic (exact) mass is 276 g/mol. The maximum atomic E-state index is 5.90. The summed E-state index contributed by atoms with van der Waals surface area (Å²) in [7, 11) is 1.99. The van der Waals surface area contributed by atoms with Crippen LogP contribution in [-0.2, 0) is 6.54 Å². The van der Waals surface area contributed by atoms with Gasteiger partial charge in [-0.05, 0) is 24.6 Å². The van der Waals surface area contributed by atoms with Crippen LogP contribution in [0.2, 0.25) is 5.02 Å². The van der Waals surface area contributed by atoms with Crippen molar-refractivity contribution in [3.05, 3.63) is 52.9 Å². The summed E-state index contributed by atoms with van der Waals surface area (Å²) in [5.74, 6) is 0.819. The van der Waals surface area contributed by atoms with Crippen LogP contribution in [0, 0.1) is 0 Å². The van der Waals surface area contributed by atoms with Crippen LogP contribution in [0.3, 0.4) is 0 Å². The van der Waals surface area contributed by atoms with Gasteiger partial charge in [-0.2, -0.15) is 0 Å². The van der Waals surface area contributed by atoms with Gasteiger partial charge in [-0.25, -0.2) is 4.98 Å². The Hall–Kier alpha value is -1.65. The third-order valence-corrected chi connectivity index (χ3v) is 3.45. The minimum absolute atomic E-state index is 0.190. The molecule has 0 saturated heterocycles. The average molecular weight is 277 g/mol. The first kappa shape index (κ1) is 13.8. The van der Waals surface area contributed by atoms with Crippen LogP contribution in [0.5, 0.6) is 0 Å². The lowest BCUT2D eigenvalue weighted by atomic mass is 10.1. The first-order valence-electron chi connectivity index (χ1n) is 6.11. The van der Waals surface area contributed by atoms with Crippen molar-refractivity contribution < 1.29 is 0 Å². The Morgan fingerprint density at radius 3 is 2.42 bits per heavy atom. The molecule has 0 radical (unpaired) electrons. The fourth-order valence-electron chi connectivity index (χ4n) is 1.80. The Kier molecular flexibility index (Phi) is 4.35. The van der Waals surface area contributed by atoms with Crippen LogP contribution in [0.1, 0.15) is 24.2 Å². The average Bonchev–Trinajstić information content (AvgIpc) is 2.46. The molecular weight excluding hydrogens is 260 g/mol. The van der Waals surface area contributed by atoms with Crippen molar-refractivity contribution in [2.75, 3.05) is 11.9 Å². The van der Waals surface area contributed by atoms with Gasteiger partial charge in [-0.15, -0.1) is 0 Å². The van der Waals surface area contributed by atoms with Crippen molar-refractivity contribution >= 4 is 17.4 Å². The highest BCUT2D eigenvalue weighted by Gasteiger charge is 2.13. The molecule has 1 atom stereocenters. The van der Waals surface area contributed by atoms with E-state index in [0.29, 0.717) is 6.54 Å². The predicted molar refractivity (Wildman–Crippen MR) is 78.2 cm³/mol. The van der Waals surface area contributed by atoms with Gasteiger partial charge in [0.2, 0.25) is 0 Å². The summed E-state index contributed by atoms with van der Waals surface area (Å²) in [6.07, 6.45) is 3.45. The second kappa shape index (κ2) is 5.99. The number of halogens is 1. The zero-order valence-electron chi connectivity index (χ0n) is 11.0. The molecular formula is C14H17ClN4. The smallest absolute Gasteiger partial charge is 0.147 e. The van der Waals surface area contributed by atoms with Gasteiger partial charge in [0.15, 0.2) is 0 Å². The topological polar surface area (TPSA) is 55.0 Å². The van der Waals surface area contributed by atoms with Crippen LogP contribution >= 0.6 is 11.6 Å². The number of rotatable bonds is 4. The first-order valence-corrected chi connectivity index (χ1v) is 6.49. The Bertz CT molecular complexity index is 524. The van der Waals surface area contributed by atoms with Gasteiger partial charge in [0.1, 0.15) is 5.82 Å². The van der Waals surface area contributed by atoms with Gasteiger partial charge < -0.3 is 10.6 Å². The molecule has 1 aromatic carbocycles. The lowest BCUT2D eigenvalue weighted by Crippen LogP contribution is -2.23. The number of benzene rings is 1. The van der Waals surface area contributed by atoms with Gasteiger partial charge in [-0.3, -0.25) is 4.98 Å². The molecule has 100 valence electrons. The van der Waals surface area contributed by atoms with E-state index in [1.807, 2.05) is 31.3 Å². The number of nitrogens with two attached hydrogens (primary N) is 1. The molecule has 1 unspecified atom stereocenters. The molecule has 19 heavy (non-hydrogen) atoms. The number of nitrogens with zero attached hydrogens (tertiary/aromatic N) is 3. The minimum atomic E-state index is 0.190. The van der Waals surface area contributed by atoms with Crippen molar-refractivity contribution in [3.8, 4) is 0 Å². The van der Waals surface area contributed by atoms with Crippen molar-refractivity contribution in [1.29, 1.82) is 0 Å². The second-order valence-electron chi connectivity index (χ2n) is 4.41. The molecule has 0 amide bonds. The van der Waals surface area contributed by atoms with Crippen molar-refractivity contribution in [2.45, 2.75) is 19.5 Å². The van der Waals surface area contributed by atoms with E-state index in [2.05, 4.69) is 21.8 Å². The molecule has 2 N–H and O–H groups in total. The van der Waals surface area contributed by atoms with Crippen LogP contribution in [0.15, 0.2) is 36.7 Å². The fourth-order valence-corrected chi connectivity index (χ4v) is 1.92. The molecule has 2 rings (SSSR count). The predicted octanol–water partition coefficient (Wildman–Crippen LogP) is 2.79. The van der Waals surface area contributed by atoms with E-state index >= 15 is 0 Å². The van der Waals surface area contributed by atoms with Gasteiger partial charge in [0.05, 0.1) is 24.1 Å². The van der Waals surface area contributed by atoms with E-state index < -0.39 is 0 Å². The van der Waals surface area contributed by atoms with Crippen LogP contribution in [0.25, 0.3) is 0 Å². The summed E-state index contributed by atoms with van der Waals surface area (Å²) in [6.45, 7) is 2.52. The molecule has 5 heteroatoms. The Morgan fingerprint density at radius 2 is 1.89 bits per heavy atom. The third kappa shape index (κ3) is 3.22. The lowest BCUT2D eigenvalue weighted by Gasteiger charge is -2.26. The lowest BCUT2D eigenvalue weighted by molar-refractivity contribution is 0.724. The van der Waals surface area contributed by atoms with Crippen LogP contribution < -0.4 is 10.6 Å². The molecule has 0 aliphatic carbocycles. The highest BCUT2D eigenvalue weighted by Crippen LogP contribution is 2.24. The summed E-state index contributed by atoms with van der Waals surface area (Å²) < 4.78 is 0. The summed E-state index contributed by atoms with van der Waals surface area (Å²) >= 11 is 5.90. The van der Waals surface area contributed by atoms with E-state index in [0.717, 1.165) is 16.5 Å². The Morgan fingerprint density at radius 1 is 1.21 bits per heavy atom. The summed E-state index contributed by atoms with van der Waals surface area (Å²) in [6, 6.07) is 8.01. The number of aromatic nitrogens is 2. The molecule has 0 bridgehead atoms.